The molecular weight excluding hydrogens is 488 g/mol. The molecule has 2 aromatic heterocycles. The van der Waals surface area contributed by atoms with Crippen molar-refractivity contribution in [2.75, 3.05) is 17.2 Å². The summed E-state index contributed by atoms with van der Waals surface area (Å²) in [6.07, 6.45) is 3.09. The van der Waals surface area contributed by atoms with Crippen molar-refractivity contribution >= 4 is 15.7 Å². The standard InChI is InChI=1S/C25H29F2N5O3S/c1-15(2)32-14-25(3,4)35-24-19(26)9-17(10-21(24)32)23-20(27)13-30-22(31-23)11-18-6-5-16(12-29-18)7-8-36(28,33)34/h5-6,9-10,12-13,15H,7-8,11,14H2,1-4H3,(H2,28,33,34). The summed E-state index contributed by atoms with van der Waals surface area (Å²) in [5, 5.41) is 5.04. The van der Waals surface area contributed by atoms with E-state index in [1.165, 1.54) is 6.07 Å². The lowest BCUT2D eigenvalue weighted by Gasteiger charge is -2.43. The van der Waals surface area contributed by atoms with E-state index in [9.17, 15) is 12.8 Å². The van der Waals surface area contributed by atoms with Gasteiger partial charge >= 0.3 is 0 Å². The molecule has 0 bridgehead atoms. The van der Waals surface area contributed by atoms with E-state index in [4.69, 9.17) is 9.88 Å². The summed E-state index contributed by atoms with van der Waals surface area (Å²) in [6, 6.07) is 6.47. The summed E-state index contributed by atoms with van der Waals surface area (Å²) < 4.78 is 58.2. The lowest BCUT2D eigenvalue weighted by atomic mass is 10.0. The Morgan fingerprint density at radius 3 is 2.53 bits per heavy atom. The normalized spacial score (nSPS) is 15.1. The van der Waals surface area contributed by atoms with Crippen LogP contribution in [0.1, 0.15) is 44.8 Å². The van der Waals surface area contributed by atoms with E-state index < -0.39 is 27.3 Å². The zero-order chi connectivity index (χ0) is 26.3. The average Bonchev–Trinajstić information content (AvgIpc) is 2.79. The first-order valence-electron chi connectivity index (χ1n) is 11.6. The Morgan fingerprint density at radius 2 is 1.89 bits per heavy atom. The number of ether oxygens (including phenoxy) is 1. The summed E-state index contributed by atoms with van der Waals surface area (Å²) in [6.45, 7) is 8.36. The molecule has 192 valence electrons. The zero-order valence-corrected chi connectivity index (χ0v) is 21.4. The Balaban J connectivity index is 1.62. The molecule has 0 radical (unpaired) electrons. The average molecular weight is 518 g/mol. The van der Waals surface area contributed by atoms with Crippen LogP contribution in [-0.2, 0) is 22.9 Å². The van der Waals surface area contributed by atoms with Crippen LogP contribution in [0.4, 0.5) is 14.5 Å². The maximum absolute atomic E-state index is 15.2. The summed E-state index contributed by atoms with van der Waals surface area (Å²) in [4.78, 5) is 14.8. The molecule has 0 unspecified atom stereocenters. The minimum absolute atomic E-state index is 0.0139. The van der Waals surface area contributed by atoms with Crippen LogP contribution in [0.5, 0.6) is 5.75 Å². The fraction of sp³-hybridized carbons (Fsp3) is 0.400. The molecule has 3 heterocycles. The van der Waals surface area contributed by atoms with Gasteiger partial charge in [0.25, 0.3) is 0 Å². The number of aromatic nitrogens is 3. The number of rotatable bonds is 7. The first-order chi connectivity index (χ1) is 16.8. The van der Waals surface area contributed by atoms with Gasteiger partial charge in [-0.1, -0.05) is 6.07 Å². The van der Waals surface area contributed by atoms with Gasteiger partial charge in [-0.25, -0.2) is 32.3 Å². The molecular formula is C25H29F2N5O3S. The molecule has 36 heavy (non-hydrogen) atoms. The van der Waals surface area contributed by atoms with Crippen molar-refractivity contribution in [1.29, 1.82) is 0 Å². The molecule has 11 heteroatoms. The van der Waals surface area contributed by atoms with E-state index >= 15 is 4.39 Å². The number of anilines is 1. The summed E-state index contributed by atoms with van der Waals surface area (Å²) >= 11 is 0. The molecule has 0 spiro atoms. The van der Waals surface area contributed by atoms with Gasteiger partial charge in [0.2, 0.25) is 10.0 Å². The first-order valence-corrected chi connectivity index (χ1v) is 13.3. The Labute approximate surface area is 209 Å². The van der Waals surface area contributed by atoms with Crippen molar-refractivity contribution in [3.63, 3.8) is 0 Å². The third-order valence-electron chi connectivity index (χ3n) is 5.85. The van der Waals surface area contributed by atoms with Gasteiger partial charge in [0.15, 0.2) is 17.4 Å². The van der Waals surface area contributed by atoms with E-state index in [-0.39, 0.29) is 41.6 Å². The number of benzene rings is 1. The van der Waals surface area contributed by atoms with Gasteiger partial charge in [0, 0.05) is 23.5 Å². The third-order valence-corrected chi connectivity index (χ3v) is 6.63. The zero-order valence-electron chi connectivity index (χ0n) is 20.6. The SMILES string of the molecule is CC(C)N1CC(C)(C)Oc2c(F)cc(-c3nc(Cc4ccc(CCS(N)(=O)=O)cn4)ncc3F)cc21. The molecule has 0 aliphatic carbocycles. The maximum Gasteiger partial charge on any atom is 0.209 e. The molecule has 0 amide bonds. The molecule has 0 fully saturated rings. The quantitative estimate of drug-likeness (QED) is 0.509. The second-order valence-corrected chi connectivity index (χ2v) is 11.6. The molecule has 1 aromatic carbocycles. The lowest BCUT2D eigenvalue weighted by molar-refractivity contribution is 0.0967. The van der Waals surface area contributed by atoms with Crippen LogP contribution in [0.25, 0.3) is 11.3 Å². The number of fused-ring (bicyclic) bond motifs is 1. The van der Waals surface area contributed by atoms with Crippen LogP contribution in [0, 0.1) is 11.6 Å². The molecule has 3 aromatic rings. The molecule has 0 saturated heterocycles. The fourth-order valence-corrected chi connectivity index (χ4v) is 4.64. The topological polar surface area (TPSA) is 111 Å². The smallest absolute Gasteiger partial charge is 0.209 e. The van der Waals surface area contributed by atoms with Gasteiger partial charge in [-0.05, 0) is 57.9 Å². The van der Waals surface area contributed by atoms with Crippen molar-refractivity contribution in [2.24, 2.45) is 5.14 Å². The van der Waals surface area contributed by atoms with Crippen molar-refractivity contribution < 1.29 is 21.9 Å². The number of hydrogen-bond donors (Lipinski definition) is 1. The molecule has 2 N–H and O–H groups in total. The predicted molar refractivity (Wildman–Crippen MR) is 133 cm³/mol. The highest BCUT2D eigenvalue weighted by atomic mass is 32.2. The van der Waals surface area contributed by atoms with Gasteiger partial charge in [-0.2, -0.15) is 0 Å². The largest absolute Gasteiger partial charge is 0.481 e. The van der Waals surface area contributed by atoms with Gasteiger partial charge in [0.05, 0.1) is 30.6 Å². The van der Waals surface area contributed by atoms with Gasteiger partial charge in [-0.3, -0.25) is 4.98 Å². The Morgan fingerprint density at radius 1 is 1.14 bits per heavy atom. The van der Waals surface area contributed by atoms with Crippen LogP contribution in [0.15, 0.2) is 36.7 Å². The third kappa shape index (κ3) is 5.96. The number of aryl methyl sites for hydroxylation is 1. The maximum atomic E-state index is 15.2. The molecule has 0 atom stereocenters. The van der Waals surface area contributed by atoms with E-state index in [0.29, 0.717) is 23.8 Å². The van der Waals surface area contributed by atoms with Crippen molar-refractivity contribution in [2.45, 2.75) is 52.2 Å². The number of pyridine rings is 1. The van der Waals surface area contributed by atoms with Gasteiger partial charge < -0.3 is 9.64 Å². The van der Waals surface area contributed by atoms with Gasteiger partial charge in [0.1, 0.15) is 17.1 Å². The molecule has 1 aliphatic rings. The van der Waals surface area contributed by atoms with Crippen molar-refractivity contribution in [3.05, 3.63) is 65.4 Å². The van der Waals surface area contributed by atoms with Crippen LogP contribution < -0.4 is 14.8 Å². The highest BCUT2D eigenvalue weighted by Gasteiger charge is 2.35. The molecule has 8 nitrogen and oxygen atoms in total. The van der Waals surface area contributed by atoms with Crippen LogP contribution in [0.3, 0.4) is 0 Å². The fourth-order valence-electron chi connectivity index (χ4n) is 4.12. The Bertz CT molecular complexity index is 1380. The lowest BCUT2D eigenvalue weighted by Crippen LogP contribution is -2.49. The van der Waals surface area contributed by atoms with Crippen LogP contribution >= 0.6 is 0 Å². The summed E-state index contributed by atoms with van der Waals surface area (Å²) in [5.74, 6) is -0.973. The number of nitrogens with two attached hydrogens (primary N) is 1. The highest BCUT2D eigenvalue weighted by molar-refractivity contribution is 7.89. The van der Waals surface area contributed by atoms with Crippen LogP contribution in [0.2, 0.25) is 0 Å². The monoisotopic (exact) mass is 517 g/mol. The number of primary sulfonamides is 1. The van der Waals surface area contributed by atoms with E-state index in [1.807, 2.05) is 32.6 Å². The van der Waals surface area contributed by atoms with Crippen molar-refractivity contribution in [1.82, 2.24) is 15.0 Å². The predicted octanol–water partition coefficient (Wildman–Crippen LogP) is 3.62. The Hall–Kier alpha value is -3.18. The highest BCUT2D eigenvalue weighted by Crippen LogP contribution is 2.42. The molecule has 0 saturated carbocycles. The number of hydrogen-bond acceptors (Lipinski definition) is 7. The second kappa shape index (κ2) is 9.70. The number of nitrogens with zero attached hydrogens (tertiary/aromatic N) is 4. The minimum atomic E-state index is -3.56. The van der Waals surface area contributed by atoms with Crippen LogP contribution in [-0.4, -0.2) is 47.3 Å². The first kappa shape index (κ1) is 25.9. The summed E-state index contributed by atoms with van der Waals surface area (Å²) in [7, 11) is -3.56. The molecule has 4 rings (SSSR count). The van der Waals surface area contributed by atoms with E-state index in [1.54, 1.807) is 24.4 Å². The number of halogens is 2. The Kier molecular flexibility index (Phi) is 6.98. The summed E-state index contributed by atoms with van der Waals surface area (Å²) in [5.41, 5.74) is 1.58. The molecule has 1 aliphatic heterocycles. The van der Waals surface area contributed by atoms with Crippen molar-refractivity contribution in [3.8, 4) is 17.0 Å². The van der Waals surface area contributed by atoms with E-state index in [2.05, 4.69) is 15.0 Å². The number of sulfonamides is 1. The van der Waals surface area contributed by atoms with E-state index in [0.717, 1.165) is 11.8 Å². The van der Waals surface area contributed by atoms with Gasteiger partial charge in [-0.15, -0.1) is 0 Å². The minimum Gasteiger partial charge on any atom is -0.481 e. The second-order valence-electron chi connectivity index (χ2n) is 9.82.